The number of aliphatic carboxylic acids is 1. The van der Waals surface area contributed by atoms with Crippen molar-refractivity contribution in [2.45, 2.75) is 32.1 Å². The third-order valence-corrected chi connectivity index (χ3v) is 4.68. The highest BCUT2D eigenvalue weighted by molar-refractivity contribution is 5.90. The van der Waals surface area contributed by atoms with Gasteiger partial charge in [-0.2, -0.15) is 0 Å². The number of carboxylic acid groups (broad SMARTS) is 1. The lowest BCUT2D eigenvalue weighted by atomic mass is 9.85. The molecular weight excluding hydrogens is 324 g/mol. The molecule has 1 aliphatic heterocycles. The first-order chi connectivity index (χ1) is 11.8. The number of nitrogens with one attached hydrogen (secondary N) is 1. The highest BCUT2D eigenvalue weighted by atomic mass is 16.5. The van der Waals surface area contributed by atoms with Crippen molar-refractivity contribution in [3.05, 3.63) is 29.8 Å². The number of urea groups is 1. The first kappa shape index (κ1) is 18.8. The van der Waals surface area contributed by atoms with Crippen molar-refractivity contribution in [1.82, 2.24) is 4.90 Å². The average Bonchev–Trinajstić information content (AvgIpc) is 2.61. The maximum atomic E-state index is 12.3. The van der Waals surface area contributed by atoms with E-state index in [1.54, 1.807) is 43.0 Å². The van der Waals surface area contributed by atoms with Gasteiger partial charge in [0.1, 0.15) is 0 Å². The number of rotatable bonds is 4. The van der Waals surface area contributed by atoms with E-state index in [0.717, 1.165) is 5.56 Å². The van der Waals surface area contributed by atoms with Crippen LogP contribution in [0.1, 0.15) is 32.3 Å². The van der Waals surface area contributed by atoms with Crippen molar-refractivity contribution < 1.29 is 24.2 Å². The zero-order chi connectivity index (χ0) is 18.6. The third kappa shape index (κ3) is 4.29. The van der Waals surface area contributed by atoms with Gasteiger partial charge in [-0.15, -0.1) is 0 Å². The minimum absolute atomic E-state index is 0.246. The van der Waals surface area contributed by atoms with Crippen LogP contribution in [-0.4, -0.2) is 48.2 Å². The minimum atomic E-state index is -0.802. The van der Waals surface area contributed by atoms with Crippen LogP contribution in [0.5, 0.6) is 0 Å². The number of ether oxygens (including phenoxy) is 1. The summed E-state index contributed by atoms with van der Waals surface area (Å²) >= 11 is 0. The second-order valence-corrected chi connectivity index (χ2v) is 6.72. The number of anilines is 1. The zero-order valence-electron chi connectivity index (χ0n) is 14.7. The standard InChI is InChI=1S/C18H24N2O5/c1-18(2,16(23)25-3)13-4-6-14(7-5-13)19-17(24)20-10-8-12(9-11-20)15(21)22/h4-7,12H,8-11H2,1-3H3,(H,19,24)(H,21,22). The van der Waals surface area contributed by atoms with Gasteiger partial charge in [-0.05, 0) is 44.4 Å². The summed E-state index contributed by atoms with van der Waals surface area (Å²) in [4.78, 5) is 36.7. The SMILES string of the molecule is COC(=O)C(C)(C)c1ccc(NC(=O)N2CCC(C(=O)O)CC2)cc1. The first-order valence-electron chi connectivity index (χ1n) is 8.23. The molecule has 2 N–H and O–H groups in total. The van der Waals surface area contributed by atoms with E-state index in [1.807, 2.05) is 0 Å². The second-order valence-electron chi connectivity index (χ2n) is 6.72. The van der Waals surface area contributed by atoms with Crippen molar-refractivity contribution >= 4 is 23.7 Å². The molecule has 1 aromatic rings. The van der Waals surface area contributed by atoms with E-state index in [-0.39, 0.29) is 17.9 Å². The number of benzene rings is 1. The molecule has 0 aromatic heterocycles. The normalized spacial score (nSPS) is 15.6. The number of nitrogens with zero attached hydrogens (tertiary/aromatic N) is 1. The highest BCUT2D eigenvalue weighted by Gasteiger charge is 2.31. The lowest BCUT2D eigenvalue weighted by molar-refractivity contribution is -0.146. The van der Waals surface area contributed by atoms with Crippen LogP contribution >= 0.6 is 0 Å². The number of carboxylic acids is 1. The number of methoxy groups -OCH3 is 1. The van der Waals surface area contributed by atoms with E-state index in [9.17, 15) is 14.4 Å². The maximum Gasteiger partial charge on any atom is 0.321 e. The minimum Gasteiger partial charge on any atom is -0.481 e. The van der Waals surface area contributed by atoms with Gasteiger partial charge in [0.15, 0.2) is 0 Å². The molecule has 25 heavy (non-hydrogen) atoms. The van der Waals surface area contributed by atoms with E-state index in [4.69, 9.17) is 9.84 Å². The fourth-order valence-corrected chi connectivity index (χ4v) is 2.88. The van der Waals surface area contributed by atoms with Crippen molar-refractivity contribution in [3.8, 4) is 0 Å². The molecule has 7 nitrogen and oxygen atoms in total. The molecule has 0 radical (unpaired) electrons. The van der Waals surface area contributed by atoms with Gasteiger partial charge in [0.2, 0.25) is 0 Å². The molecule has 0 unspecified atom stereocenters. The molecule has 1 heterocycles. The molecule has 1 aromatic carbocycles. The summed E-state index contributed by atoms with van der Waals surface area (Å²) in [6.45, 7) is 4.41. The Kier molecular flexibility index (Phi) is 5.66. The first-order valence-corrected chi connectivity index (χ1v) is 8.23. The van der Waals surface area contributed by atoms with Crippen LogP contribution in [0.4, 0.5) is 10.5 Å². The molecule has 0 atom stereocenters. The summed E-state index contributed by atoms with van der Waals surface area (Å²) in [6, 6.07) is 6.79. The van der Waals surface area contributed by atoms with Crippen LogP contribution < -0.4 is 5.32 Å². The molecular formula is C18H24N2O5. The lowest BCUT2D eigenvalue weighted by Gasteiger charge is -2.30. The largest absolute Gasteiger partial charge is 0.481 e. The van der Waals surface area contributed by atoms with Crippen LogP contribution in [-0.2, 0) is 19.7 Å². The number of piperidine rings is 1. The Morgan fingerprint density at radius 2 is 1.72 bits per heavy atom. The van der Waals surface area contributed by atoms with Gasteiger partial charge >= 0.3 is 18.0 Å². The van der Waals surface area contributed by atoms with Crippen molar-refractivity contribution in [1.29, 1.82) is 0 Å². The van der Waals surface area contributed by atoms with E-state index in [1.165, 1.54) is 7.11 Å². The van der Waals surface area contributed by atoms with Crippen molar-refractivity contribution in [3.63, 3.8) is 0 Å². The van der Waals surface area contributed by atoms with Crippen LogP contribution in [0.15, 0.2) is 24.3 Å². The summed E-state index contributed by atoms with van der Waals surface area (Å²) in [6.07, 6.45) is 0.935. The third-order valence-electron chi connectivity index (χ3n) is 4.68. The van der Waals surface area contributed by atoms with E-state index in [2.05, 4.69) is 5.32 Å². The number of likely N-dealkylation sites (tertiary alicyclic amines) is 1. The number of hydrogen-bond donors (Lipinski definition) is 2. The Morgan fingerprint density at radius 3 is 2.20 bits per heavy atom. The summed E-state index contributed by atoms with van der Waals surface area (Å²) < 4.78 is 4.81. The predicted octanol–water partition coefficient (Wildman–Crippen LogP) is 2.47. The Bertz CT molecular complexity index is 646. The maximum absolute atomic E-state index is 12.3. The van der Waals surface area contributed by atoms with Gasteiger partial charge in [-0.1, -0.05) is 12.1 Å². The van der Waals surface area contributed by atoms with Crippen LogP contribution in [0.25, 0.3) is 0 Å². The van der Waals surface area contributed by atoms with Crippen molar-refractivity contribution in [2.75, 3.05) is 25.5 Å². The van der Waals surface area contributed by atoms with Gasteiger partial charge < -0.3 is 20.1 Å². The Morgan fingerprint density at radius 1 is 1.16 bits per heavy atom. The molecule has 136 valence electrons. The van der Waals surface area contributed by atoms with Gasteiger partial charge in [0, 0.05) is 18.8 Å². The molecule has 0 spiro atoms. The smallest absolute Gasteiger partial charge is 0.321 e. The molecule has 7 heteroatoms. The van der Waals surface area contributed by atoms with E-state index in [0.29, 0.717) is 31.6 Å². The molecule has 0 bridgehead atoms. The van der Waals surface area contributed by atoms with Crippen molar-refractivity contribution in [2.24, 2.45) is 5.92 Å². The average molecular weight is 348 g/mol. The van der Waals surface area contributed by atoms with E-state index >= 15 is 0 Å². The van der Waals surface area contributed by atoms with Gasteiger partial charge in [-0.25, -0.2) is 4.79 Å². The Balaban J connectivity index is 1.96. The van der Waals surface area contributed by atoms with E-state index < -0.39 is 11.4 Å². The second kappa shape index (κ2) is 7.55. The fourth-order valence-electron chi connectivity index (χ4n) is 2.88. The molecule has 0 aliphatic carbocycles. The number of amides is 2. The highest BCUT2D eigenvalue weighted by Crippen LogP contribution is 2.26. The fraction of sp³-hybridized carbons (Fsp3) is 0.500. The van der Waals surface area contributed by atoms with Crippen LogP contribution in [0.3, 0.4) is 0 Å². The topological polar surface area (TPSA) is 95.9 Å². The van der Waals surface area contributed by atoms with Gasteiger partial charge in [-0.3, -0.25) is 9.59 Å². The molecule has 2 rings (SSSR count). The summed E-state index contributed by atoms with van der Waals surface area (Å²) in [5.74, 6) is -1.50. The quantitative estimate of drug-likeness (QED) is 0.815. The number of carbonyl (C=O) groups excluding carboxylic acids is 2. The molecule has 1 saturated heterocycles. The van der Waals surface area contributed by atoms with Crippen LogP contribution in [0.2, 0.25) is 0 Å². The Labute approximate surface area is 147 Å². The molecule has 1 aliphatic rings. The molecule has 2 amide bonds. The molecule has 0 saturated carbocycles. The number of esters is 1. The predicted molar refractivity (Wildman–Crippen MR) is 92.4 cm³/mol. The summed E-state index contributed by atoms with van der Waals surface area (Å²) in [5, 5.41) is 11.8. The van der Waals surface area contributed by atoms with Crippen LogP contribution in [0, 0.1) is 5.92 Å². The summed E-state index contributed by atoms with van der Waals surface area (Å²) in [5.41, 5.74) is 0.644. The molecule has 1 fully saturated rings. The lowest BCUT2D eigenvalue weighted by Crippen LogP contribution is -2.42. The monoisotopic (exact) mass is 348 g/mol. The summed E-state index contributed by atoms with van der Waals surface area (Å²) in [7, 11) is 1.35. The zero-order valence-corrected chi connectivity index (χ0v) is 14.7. The van der Waals surface area contributed by atoms with Gasteiger partial charge in [0.05, 0.1) is 18.4 Å². The van der Waals surface area contributed by atoms with Gasteiger partial charge in [0.25, 0.3) is 0 Å². The number of hydrogen-bond acceptors (Lipinski definition) is 4. The Hall–Kier alpha value is -2.57. The number of carbonyl (C=O) groups is 3.